The predicted octanol–water partition coefficient (Wildman–Crippen LogP) is 3.08. The first kappa shape index (κ1) is 14.2. The molecule has 100 valence electrons. The number of carbonyl (C=O) groups is 1. The number of carboxylic acids is 1. The Bertz CT molecular complexity index is 444. The largest absolute Gasteiger partial charge is 0.478 e. The first-order valence-corrected chi connectivity index (χ1v) is 4.68. The van der Waals surface area contributed by atoms with Gasteiger partial charge in [-0.3, -0.25) is 0 Å². The van der Waals surface area contributed by atoms with Crippen molar-refractivity contribution in [3.8, 4) is 0 Å². The van der Waals surface area contributed by atoms with Crippen LogP contribution in [0.15, 0.2) is 18.2 Å². The quantitative estimate of drug-likeness (QED) is 0.826. The van der Waals surface area contributed by atoms with Gasteiger partial charge < -0.3 is 10.4 Å². The number of aromatic carboxylic acids is 1. The highest BCUT2D eigenvalue weighted by molar-refractivity contribution is 5.91. The minimum absolute atomic E-state index is 0.110. The number of hydrogen-bond acceptors (Lipinski definition) is 2. The summed E-state index contributed by atoms with van der Waals surface area (Å²) in [6.45, 7) is -0.773. The zero-order valence-corrected chi connectivity index (χ0v) is 8.76. The van der Waals surface area contributed by atoms with Crippen LogP contribution in [0.5, 0.6) is 0 Å². The van der Waals surface area contributed by atoms with Crippen molar-refractivity contribution in [3.05, 3.63) is 29.3 Å². The van der Waals surface area contributed by atoms with Gasteiger partial charge in [0.1, 0.15) is 0 Å². The minimum Gasteiger partial charge on any atom is -0.478 e. The zero-order chi connectivity index (χ0) is 13.9. The molecule has 0 saturated carbocycles. The Hall–Kier alpha value is -1.86. The van der Waals surface area contributed by atoms with Gasteiger partial charge in [0.15, 0.2) is 0 Å². The second-order valence-corrected chi connectivity index (χ2v) is 3.34. The van der Waals surface area contributed by atoms with Crippen molar-refractivity contribution in [2.75, 3.05) is 11.9 Å². The fourth-order valence-electron chi connectivity index (χ4n) is 1.27. The molecule has 0 spiro atoms. The van der Waals surface area contributed by atoms with E-state index in [9.17, 15) is 26.7 Å². The average molecular weight is 269 g/mol. The van der Waals surface area contributed by atoms with E-state index in [1.54, 1.807) is 0 Å². The summed E-state index contributed by atoms with van der Waals surface area (Å²) in [5.74, 6) is -1.77. The van der Waals surface area contributed by atoms with Crippen molar-refractivity contribution in [2.45, 2.75) is 12.6 Å². The van der Waals surface area contributed by atoms with Crippen LogP contribution in [0.3, 0.4) is 0 Å². The Morgan fingerprint density at radius 3 is 2.39 bits per heavy atom. The number of halogens is 5. The summed E-state index contributed by atoms with van der Waals surface area (Å²) in [5, 5.41) is 10.8. The van der Waals surface area contributed by atoms with Crippen LogP contribution >= 0.6 is 0 Å². The van der Waals surface area contributed by atoms with Gasteiger partial charge in [0.2, 0.25) is 0 Å². The van der Waals surface area contributed by atoms with Crippen LogP contribution in [0.4, 0.5) is 27.6 Å². The summed E-state index contributed by atoms with van der Waals surface area (Å²) < 4.78 is 61.1. The third-order valence-electron chi connectivity index (χ3n) is 2.02. The van der Waals surface area contributed by atoms with Gasteiger partial charge in [-0.05, 0) is 18.2 Å². The van der Waals surface area contributed by atoms with E-state index in [0.717, 1.165) is 6.07 Å². The number of benzene rings is 1. The minimum atomic E-state index is -4.81. The highest BCUT2D eigenvalue weighted by Crippen LogP contribution is 2.33. The van der Waals surface area contributed by atoms with Crippen molar-refractivity contribution in [2.24, 2.45) is 0 Å². The van der Waals surface area contributed by atoms with Crippen molar-refractivity contribution >= 4 is 11.7 Å². The van der Waals surface area contributed by atoms with Gasteiger partial charge in [-0.2, -0.15) is 13.2 Å². The van der Waals surface area contributed by atoms with E-state index in [4.69, 9.17) is 5.11 Å². The molecule has 1 rings (SSSR count). The van der Waals surface area contributed by atoms with Crippen molar-refractivity contribution < 1.29 is 31.9 Å². The molecular formula is C10H8F5NO2. The molecule has 8 heteroatoms. The Morgan fingerprint density at radius 2 is 1.94 bits per heavy atom. The lowest BCUT2D eigenvalue weighted by Crippen LogP contribution is -2.15. The maximum atomic E-state index is 12.5. The molecular weight excluding hydrogens is 261 g/mol. The van der Waals surface area contributed by atoms with Gasteiger partial charge in [0.25, 0.3) is 6.43 Å². The molecule has 0 aromatic heterocycles. The molecule has 0 saturated heterocycles. The topological polar surface area (TPSA) is 49.3 Å². The Morgan fingerprint density at radius 1 is 1.33 bits per heavy atom. The number of alkyl halides is 5. The van der Waals surface area contributed by atoms with Gasteiger partial charge in [0.05, 0.1) is 17.7 Å². The van der Waals surface area contributed by atoms with E-state index in [2.05, 4.69) is 5.32 Å². The predicted molar refractivity (Wildman–Crippen MR) is 52.9 cm³/mol. The number of nitrogens with one attached hydrogen (secondary N) is 1. The van der Waals surface area contributed by atoms with E-state index in [0.29, 0.717) is 12.1 Å². The molecule has 0 aliphatic rings. The monoisotopic (exact) mass is 269 g/mol. The standard InChI is InChI=1S/C10H8F5NO2/c11-8(12)4-16-5-1-2-7(10(13,14)15)6(3-5)9(17)18/h1-3,8,16H,4H2,(H,17,18). The first-order valence-electron chi connectivity index (χ1n) is 4.68. The maximum Gasteiger partial charge on any atom is 0.417 e. The molecule has 0 radical (unpaired) electrons. The Kier molecular flexibility index (Phi) is 4.10. The van der Waals surface area contributed by atoms with Crippen LogP contribution in [-0.4, -0.2) is 24.0 Å². The fraction of sp³-hybridized carbons (Fsp3) is 0.300. The lowest BCUT2D eigenvalue weighted by atomic mass is 10.1. The molecule has 2 N–H and O–H groups in total. The average Bonchev–Trinajstić information content (AvgIpc) is 2.24. The van der Waals surface area contributed by atoms with E-state index in [1.165, 1.54) is 0 Å². The molecule has 3 nitrogen and oxygen atoms in total. The smallest absolute Gasteiger partial charge is 0.417 e. The molecule has 1 aromatic rings. The highest BCUT2D eigenvalue weighted by atomic mass is 19.4. The van der Waals surface area contributed by atoms with Crippen molar-refractivity contribution in [1.29, 1.82) is 0 Å². The molecule has 18 heavy (non-hydrogen) atoms. The van der Waals surface area contributed by atoms with Crippen LogP contribution in [-0.2, 0) is 6.18 Å². The number of hydrogen-bond donors (Lipinski definition) is 2. The Balaban J connectivity index is 3.08. The summed E-state index contributed by atoms with van der Waals surface area (Å²) in [6, 6.07) is 2.11. The Labute approximate surface area is 98.2 Å². The number of carboxylic acid groups (broad SMARTS) is 1. The summed E-state index contributed by atoms with van der Waals surface area (Å²) >= 11 is 0. The third-order valence-corrected chi connectivity index (χ3v) is 2.02. The van der Waals surface area contributed by atoms with Crippen LogP contribution in [0.25, 0.3) is 0 Å². The summed E-state index contributed by atoms with van der Waals surface area (Å²) in [6.07, 6.45) is -7.50. The number of anilines is 1. The van der Waals surface area contributed by atoms with Gasteiger partial charge in [-0.1, -0.05) is 0 Å². The van der Waals surface area contributed by atoms with E-state index in [1.807, 2.05) is 0 Å². The van der Waals surface area contributed by atoms with E-state index >= 15 is 0 Å². The third kappa shape index (κ3) is 3.57. The van der Waals surface area contributed by atoms with Crippen LogP contribution in [0.2, 0.25) is 0 Å². The van der Waals surface area contributed by atoms with Gasteiger partial charge in [-0.15, -0.1) is 0 Å². The maximum absolute atomic E-state index is 12.5. The van der Waals surface area contributed by atoms with Crippen molar-refractivity contribution in [1.82, 2.24) is 0 Å². The molecule has 0 fully saturated rings. The zero-order valence-electron chi connectivity index (χ0n) is 8.76. The lowest BCUT2D eigenvalue weighted by Gasteiger charge is -2.12. The van der Waals surface area contributed by atoms with E-state index in [-0.39, 0.29) is 5.69 Å². The molecule has 0 heterocycles. The highest BCUT2D eigenvalue weighted by Gasteiger charge is 2.35. The van der Waals surface area contributed by atoms with Gasteiger partial charge >= 0.3 is 12.1 Å². The second kappa shape index (κ2) is 5.19. The molecule has 1 aromatic carbocycles. The molecule has 0 bridgehead atoms. The second-order valence-electron chi connectivity index (χ2n) is 3.34. The number of rotatable bonds is 4. The molecule has 0 amide bonds. The molecule has 0 aliphatic carbocycles. The molecule has 0 aliphatic heterocycles. The lowest BCUT2D eigenvalue weighted by molar-refractivity contribution is -0.138. The van der Waals surface area contributed by atoms with Crippen molar-refractivity contribution in [3.63, 3.8) is 0 Å². The molecule has 0 atom stereocenters. The summed E-state index contributed by atoms with van der Waals surface area (Å²) in [7, 11) is 0. The molecule has 0 unspecified atom stereocenters. The van der Waals surface area contributed by atoms with E-state index < -0.39 is 36.2 Å². The van der Waals surface area contributed by atoms with Crippen LogP contribution in [0, 0.1) is 0 Å². The fourth-order valence-corrected chi connectivity index (χ4v) is 1.27. The first-order chi connectivity index (χ1) is 8.21. The van der Waals surface area contributed by atoms with Gasteiger partial charge in [-0.25, -0.2) is 13.6 Å². The van der Waals surface area contributed by atoms with Crippen LogP contribution < -0.4 is 5.32 Å². The summed E-state index contributed by atoms with van der Waals surface area (Å²) in [4.78, 5) is 10.7. The van der Waals surface area contributed by atoms with Gasteiger partial charge in [0, 0.05) is 5.69 Å². The normalized spacial score (nSPS) is 11.7. The van der Waals surface area contributed by atoms with Crippen LogP contribution in [0.1, 0.15) is 15.9 Å². The SMILES string of the molecule is O=C(O)c1cc(NCC(F)F)ccc1C(F)(F)F. The summed E-state index contributed by atoms with van der Waals surface area (Å²) in [5.41, 5.74) is -2.42.